The lowest BCUT2D eigenvalue weighted by Crippen LogP contribution is -2.33. The lowest BCUT2D eigenvalue weighted by Gasteiger charge is -2.37. The van der Waals surface area contributed by atoms with Crippen molar-refractivity contribution in [2.75, 3.05) is 43.3 Å². The van der Waals surface area contributed by atoms with Gasteiger partial charge in [-0.1, -0.05) is 6.07 Å². The Morgan fingerprint density at radius 1 is 0.818 bits per heavy atom. The van der Waals surface area contributed by atoms with Crippen molar-refractivity contribution in [3.63, 3.8) is 0 Å². The Morgan fingerprint density at radius 3 is 1.88 bits per heavy atom. The van der Waals surface area contributed by atoms with Crippen molar-refractivity contribution in [3.8, 4) is 11.5 Å². The third kappa shape index (κ3) is 3.11. The number of fused-ring (bicyclic) bond motifs is 6. The van der Waals surface area contributed by atoms with Crippen molar-refractivity contribution in [2.24, 2.45) is 0 Å². The van der Waals surface area contributed by atoms with Gasteiger partial charge in [-0.3, -0.25) is 4.79 Å². The Labute approximate surface area is 192 Å². The number of carbonyl (C=O) groups is 2. The second kappa shape index (κ2) is 7.27. The molecule has 0 saturated carbocycles. The lowest BCUT2D eigenvalue weighted by atomic mass is 9.77. The number of amides is 1. The number of rotatable bonds is 3. The van der Waals surface area contributed by atoms with E-state index in [1.165, 1.54) is 6.92 Å². The van der Waals surface area contributed by atoms with Gasteiger partial charge in [-0.25, -0.2) is 4.79 Å². The fraction of sp³-hybridized carbons (Fsp3) is 0.231. The summed E-state index contributed by atoms with van der Waals surface area (Å²) in [5.74, 6) is 0.627. The van der Waals surface area contributed by atoms with E-state index in [9.17, 15) is 9.59 Å². The number of nitrogens with one attached hydrogen (secondary N) is 1. The van der Waals surface area contributed by atoms with Crippen LogP contribution in [-0.4, -0.2) is 40.1 Å². The number of carbonyl (C=O) groups excluding carboxylic acids is 2. The molecule has 1 spiro atoms. The van der Waals surface area contributed by atoms with Gasteiger partial charge in [0.05, 0.1) is 5.56 Å². The average Bonchev–Trinajstić information content (AvgIpc) is 3.05. The lowest BCUT2D eigenvalue weighted by molar-refractivity contribution is -0.114. The molecular formula is C26H25N3O4. The minimum absolute atomic E-state index is 0.204. The number of esters is 1. The van der Waals surface area contributed by atoms with Gasteiger partial charge in [0, 0.05) is 81.0 Å². The van der Waals surface area contributed by atoms with Crippen molar-refractivity contribution >= 4 is 28.9 Å². The second-order valence-corrected chi connectivity index (χ2v) is 8.76. The van der Waals surface area contributed by atoms with Gasteiger partial charge < -0.3 is 24.6 Å². The van der Waals surface area contributed by atoms with E-state index in [0.717, 1.165) is 28.1 Å². The molecule has 0 unspecified atom stereocenters. The second-order valence-electron chi connectivity index (χ2n) is 8.76. The molecule has 5 rings (SSSR count). The van der Waals surface area contributed by atoms with Crippen LogP contribution in [0, 0.1) is 0 Å². The topological polar surface area (TPSA) is 71.1 Å². The molecule has 0 bridgehead atoms. The third-order valence-electron chi connectivity index (χ3n) is 6.13. The third-order valence-corrected chi connectivity index (χ3v) is 6.13. The zero-order chi connectivity index (χ0) is 23.5. The Balaban J connectivity index is 1.78. The predicted molar refractivity (Wildman–Crippen MR) is 128 cm³/mol. The smallest absolute Gasteiger partial charge is 0.340 e. The molecule has 2 heterocycles. The monoisotopic (exact) mass is 443 g/mol. The van der Waals surface area contributed by atoms with E-state index < -0.39 is 11.6 Å². The standard InChI is InChI=1S/C26H25N3O4/c1-15(30)27-16-6-9-20-19(12-16)25(31)33-26(20)21-10-7-17(28(2)3)13-23(21)32-24-14-18(29(4)5)8-11-22(24)26/h6-14H,1-5H3,(H,27,30). The molecule has 3 aromatic rings. The highest BCUT2D eigenvalue weighted by atomic mass is 16.6. The van der Waals surface area contributed by atoms with Crippen molar-refractivity contribution in [3.05, 3.63) is 76.9 Å². The van der Waals surface area contributed by atoms with Crippen LogP contribution < -0.4 is 19.9 Å². The van der Waals surface area contributed by atoms with Gasteiger partial charge in [0.1, 0.15) is 11.5 Å². The number of benzene rings is 3. The number of hydrogen-bond donors (Lipinski definition) is 1. The number of ether oxygens (including phenoxy) is 2. The van der Waals surface area contributed by atoms with Crippen molar-refractivity contribution in [2.45, 2.75) is 12.5 Å². The first kappa shape index (κ1) is 20.9. The van der Waals surface area contributed by atoms with Gasteiger partial charge in [0.2, 0.25) is 5.91 Å². The molecule has 168 valence electrons. The molecule has 0 aromatic heterocycles. The first-order chi connectivity index (χ1) is 15.7. The van der Waals surface area contributed by atoms with E-state index in [4.69, 9.17) is 9.47 Å². The maximum atomic E-state index is 13.2. The first-order valence-corrected chi connectivity index (χ1v) is 10.7. The normalized spacial score (nSPS) is 14.5. The van der Waals surface area contributed by atoms with Crippen LogP contribution in [0.2, 0.25) is 0 Å². The molecule has 33 heavy (non-hydrogen) atoms. The van der Waals surface area contributed by atoms with Crippen LogP contribution in [0.15, 0.2) is 54.6 Å². The molecule has 7 heteroatoms. The van der Waals surface area contributed by atoms with Gasteiger partial charge in [-0.15, -0.1) is 0 Å². The summed E-state index contributed by atoms with van der Waals surface area (Å²) in [6.45, 7) is 1.43. The van der Waals surface area contributed by atoms with E-state index >= 15 is 0 Å². The molecule has 2 aliphatic heterocycles. The first-order valence-electron chi connectivity index (χ1n) is 10.7. The quantitative estimate of drug-likeness (QED) is 0.607. The fourth-order valence-corrected chi connectivity index (χ4v) is 4.54. The summed E-state index contributed by atoms with van der Waals surface area (Å²) < 4.78 is 12.6. The summed E-state index contributed by atoms with van der Waals surface area (Å²) in [6, 6.07) is 17.1. The van der Waals surface area contributed by atoms with Crippen LogP contribution in [0.5, 0.6) is 11.5 Å². The summed E-state index contributed by atoms with van der Waals surface area (Å²) in [5, 5.41) is 2.74. The van der Waals surface area contributed by atoms with Crippen LogP contribution >= 0.6 is 0 Å². The Bertz CT molecular complexity index is 1260. The number of anilines is 3. The largest absolute Gasteiger partial charge is 0.456 e. The van der Waals surface area contributed by atoms with E-state index in [1.807, 2.05) is 80.5 Å². The predicted octanol–water partition coefficient (Wildman–Crippen LogP) is 4.35. The van der Waals surface area contributed by atoms with Gasteiger partial charge >= 0.3 is 5.97 Å². The van der Waals surface area contributed by atoms with Crippen molar-refractivity contribution in [1.29, 1.82) is 0 Å². The van der Waals surface area contributed by atoms with Crippen LogP contribution in [0.25, 0.3) is 0 Å². The molecule has 1 amide bonds. The number of nitrogens with zero attached hydrogens (tertiary/aromatic N) is 2. The zero-order valence-electron chi connectivity index (χ0n) is 19.2. The Morgan fingerprint density at radius 2 is 1.36 bits per heavy atom. The van der Waals surface area contributed by atoms with Crippen molar-refractivity contribution < 1.29 is 19.1 Å². The molecular weight excluding hydrogens is 418 g/mol. The molecule has 1 N–H and O–H groups in total. The SMILES string of the molecule is CC(=O)Nc1ccc2c(c1)C(=O)OC21c2ccc(N(C)C)cc2Oc2cc(N(C)C)ccc21. The summed E-state index contributed by atoms with van der Waals surface area (Å²) in [4.78, 5) is 28.7. The van der Waals surface area contributed by atoms with Crippen LogP contribution in [0.1, 0.15) is 34.0 Å². The molecule has 0 atom stereocenters. The molecule has 2 aliphatic rings. The minimum atomic E-state index is -1.14. The molecule has 3 aromatic carbocycles. The van der Waals surface area contributed by atoms with Crippen LogP contribution in [-0.2, 0) is 15.1 Å². The number of hydrogen-bond acceptors (Lipinski definition) is 6. The maximum absolute atomic E-state index is 13.2. The summed E-state index contributed by atoms with van der Waals surface area (Å²) in [7, 11) is 7.86. The molecule has 0 aliphatic carbocycles. The fourth-order valence-electron chi connectivity index (χ4n) is 4.54. The molecule has 0 radical (unpaired) electrons. The zero-order valence-corrected chi connectivity index (χ0v) is 19.2. The van der Waals surface area contributed by atoms with E-state index in [2.05, 4.69) is 5.32 Å². The van der Waals surface area contributed by atoms with E-state index in [1.54, 1.807) is 12.1 Å². The van der Waals surface area contributed by atoms with Crippen molar-refractivity contribution in [1.82, 2.24) is 0 Å². The van der Waals surface area contributed by atoms with E-state index in [-0.39, 0.29) is 5.91 Å². The highest BCUT2D eigenvalue weighted by Gasteiger charge is 2.53. The molecule has 0 saturated heterocycles. The van der Waals surface area contributed by atoms with Gasteiger partial charge in [-0.2, -0.15) is 0 Å². The van der Waals surface area contributed by atoms with Crippen LogP contribution in [0.3, 0.4) is 0 Å². The van der Waals surface area contributed by atoms with Gasteiger partial charge in [0.15, 0.2) is 5.60 Å². The average molecular weight is 444 g/mol. The van der Waals surface area contributed by atoms with E-state index in [0.29, 0.717) is 22.7 Å². The molecule has 0 fully saturated rings. The highest BCUT2D eigenvalue weighted by molar-refractivity contribution is 5.99. The van der Waals surface area contributed by atoms with Gasteiger partial charge in [-0.05, 0) is 36.4 Å². The van der Waals surface area contributed by atoms with Crippen LogP contribution in [0.4, 0.5) is 17.1 Å². The highest BCUT2D eigenvalue weighted by Crippen LogP contribution is 2.57. The van der Waals surface area contributed by atoms with Gasteiger partial charge in [0.25, 0.3) is 0 Å². The summed E-state index contributed by atoms with van der Waals surface area (Å²) >= 11 is 0. The summed E-state index contributed by atoms with van der Waals surface area (Å²) in [6.07, 6.45) is 0. The minimum Gasteiger partial charge on any atom is -0.456 e. The molecule has 7 nitrogen and oxygen atoms in total. The summed E-state index contributed by atoms with van der Waals surface area (Å²) in [5.41, 5.74) is 4.03. The Hall–Kier alpha value is -4.00. The Kier molecular flexibility index (Phi) is 4.60. The maximum Gasteiger partial charge on any atom is 0.340 e.